The first-order chi connectivity index (χ1) is 12.4. The molecule has 26 heavy (non-hydrogen) atoms. The van der Waals surface area contributed by atoms with E-state index in [1.165, 1.54) is 0 Å². The van der Waals surface area contributed by atoms with Crippen LogP contribution in [0.25, 0.3) is 0 Å². The Balaban J connectivity index is 1.98. The van der Waals surface area contributed by atoms with E-state index in [9.17, 15) is 14.4 Å². The molecule has 1 atom stereocenters. The number of nitrogens with one attached hydrogen (secondary N) is 2. The van der Waals surface area contributed by atoms with Crippen LogP contribution < -0.4 is 11.0 Å². The lowest BCUT2D eigenvalue weighted by Crippen LogP contribution is -2.50. The van der Waals surface area contributed by atoms with Crippen LogP contribution in [0.2, 0.25) is 0 Å². The first-order valence-corrected chi connectivity index (χ1v) is 9.12. The first-order valence-electron chi connectivity index (χ1n) is 9.12. The molecule has 1 aliphatic heterocycles. The number of hydrogen-bond acceptors (Lipinski definition) is 5. The second kappa shape index (κ2) is 9.47. The summed E-state index contributed by atoms with van der Waals surface area (Å²) in [5.41, 5.74) is 1.91. The number of nitrogens with zero attached hydrogens (tertiary/aromatic N) is 2. The van der Waals surface area contributed by atoms with E-state index in [1.54, 1.807) is 11.8 Å². The van der Waals surface area contributed by atoms with Gasteiger partial charge >= 0.3 is 5.69 Å². The van der Waals surface area contributed by atoms with Gasteiger partial charge in [-0.05, 0) is 32.3 Å². The molecule has 2 heterocycles. The molecule has 0 unspecified atom stereocenters. The molecule has 8 heteroatoms. The molecule has 1 saturated heterocycles. The number of amides is 2. The number of aromatic nitrogens is 2. The van der Waals surface area contributed by atoms with Gasteiger partial charge in [0.15, 0.2) is 0 Å². The minimum absolute atomic E-state index is 0.00779. The average Bonchev–Trinajstić information content (AvgIpc) is 2.59. The van der Waals surface area contributed by atoms with Crippen molar-refractivity contribution in [3.05, 3.63) is 27.4 Å². The van der Waals surface area contributed by atoms with Crippen molar-refractivity contribution in [1.82, 2.24) is 20.2 Å². The summed E-state index contributed by atoms with van der Waals surface area (Å²) >= 11 is 0. The summed E-state index contributed by atoms with van der Waals surface area (Å²) in [6.45, 7) is 7.57. The van der Waals surface area contributed by atoms with Crippen molar-refractivity contribution < 1.29 is 14.3 Å². The van der Waals surface area contributed by atoms with E-state index in [-0.39, 0.29) is 30.0 Å². The fourth-order valence-electron chi connectivity index (χ4n) is 3.20. The van der Waals surface area contributed by atoms with E-state index in [4.69, 9.17) is 4.74 Å². The van der Waals surface area contributed by atoms with Crippen LogP contribution in [0.1, 0.15) is 43.1 Å². The van der Waals surface area contributed by atoms with Gasteiger partial charge < -0.3 is 19.9 Å². The van der Waals surface area contributed by atoms with Crippen LogP contribution in [0.15, 0.2) is 4.79 Å². The lowest BCUT2D eigenvalue weighted by molar-refractivity contribution is -0.141. The van der Waals surface area contributed by atoms with Crippen molar-refractivity contribution in [2.45, 2.75) is 52.5 Å². The van der Waals surface area contributed by atoms with Crippen molar-refractivity contribution >= 4 is 11.8 Å². The molecule has 0 aromatic carbocycles. The predicted octanol–water partition coefficient (Wildman–Crippen LogP) is 0.463. The molecule has 8 nitrogen and oxygen atoms in total. The van der Waals surface area contributed by atoms with E-state index in [2.05, 4.69) is 15.3 Å². The Hall–Kier alpha value is -2.22. The van der Waals surface area contributed by atoms with Crippen molar-refractivity contribution in [2.24, 2.45) is 0 Å². The molecule has 2 amide bonds. The number of aryl methyl sites for hydroxylation is 2. The van der Waals surface area contributed by atoms with Gasteiger partial charge in [-0.25, -0.2) is 4.79 Å². The Bertz CT molecular complexity index is 675. The largest absolute Gasteiger partial charge is 0.377 e. The first kappa shape index (κ1) is 20.1. The molecular formula is C18H28N4O4. The van der Waals surface area contributed by atoms with Gasteiger partial charge in [-0.2, -0.15) is 4.98 Å². The lowest BCUT2D eigenvalue weighted by Gasteiger charge is -2.35. The van der Waals surface area contributed by atoms with Crippen LogP contribution in [-0.2, 0) is 20.7 Å². The van der Waals surface area contributed by atoms with Crippen LogP contribution in [0.4, 0.5) is 0 Å². The van der Waals surface area contributed by atoms with E-state index < -0.39 is 0 Å². The maximum absolute atomic E-state index is 12.7. The topological polar surface area (TPSA) is 104 Å². The molecule has 0 saturated carbocycles. The summed E-state index contributed by atoms with van der Waals surface area (Å²) in [6.07, 6.45) is 1.94. The third kappa shape index (κ3) is 5.39. The Morgan fingerprint density at radius 1 is 1.38 bits per heavy atom. The highest BCUT2D eigenvalue weighted by Gasteiger charge is 2.29. The van der Waals surface area contributed by atoms with Crippen molar-refractivity contribution in [3.8, 4) is 0 Å². The maximum atomic E-state index is 12.7. The normalized spacial score (nSPS) is 17.2. The van der Waals surface area contributed by atoms with Gasteiger partial charge in [-0.15, -0.1) is 0 Å². The molecule has 1 fully saturated rings. The van der Waals surface area contributed by atoms with Gasteiger partial charge in [-0.1, -0.05) is 6.92 Å². The second-order valence-corrected chi connectivity index (χ2v) is 6.60. The quantitative estimate of drug-likeness (QED) is 0.732. The SMILES string of the molecule is CCCNC(=O)C[C@H]1COCCN1C(=O)CCc1c(C)nc(=O)[nH]c1C. The van der Waals surface area contributed by atoms with E-state index in [1.807, 2.05) is 13.8 Å². The van der Waals surface area contributed by atoms with Gasteiger partial charge in [0.05, 0.1) is 19.3 Å². The molecular weight excluding hydrogens is 336 g/mol. The van der Waals surface area contributed by atoms with Gasteiger partial charge in [0, 0.05) is 37.3 Å². The number of rotatable bonds is 7. The number of H-pyrrole nitrogens is 1. The van der Waals surface area contributed by atoms with Crippen molar-refractivity contribution in [1.29, 1.82) is 0 Å². The number of carbonyl (C=O) groups excluding carboxylic acids is 2. The summed E-state index contributed by atoms with van der Waals surface area (Å²) in [5, 5.41) is 2.84. The van der Waals surface area contributed by atoms with Gasteiger partial charge in [0.25, 0.3) is 0 Å². The molecule has 2 rings (SSSR count). The zero-order valence-corrected chi connectivity index (χ0v) is 15.8. The highest BCUT2D eigenvalue weighted by molar-refractivity contribution is 5.80. The molecule has 0 radical (unpaired) electrons. The Morgan fingerprint density at radius 3 is 2.85 bits per heavy atom. The van der Waals surface area contributed by atoms with E-state index in [0.717, 1.165) is 17.7 Å². The van der Waals surface area contributed by atoms with E-state index in [0.29, 0.717) is 44.8 Å². The number of hydrogen-bond donors (Lipinski definition) is 2. The second-order valence-electron chi connectivity index (χ2n) is 6.60. The summed E-state index contributed by atoms with van der Waals surface area (Å²) < 4.78 is 5.46. The van der Waals surface area contributed by atoms with E-state index >= 15 is 0 Å². The predicted molar refractivity (Wildman–Crippen MR) is 96.9 cm³/mol. The maximum Gasteiger partial charge on any atom is 0.345 e. The fraction of sp³-hybridized carbons (Fsp3) is 0.667. The zero-order chi connectivity index (χ0) is 19.1. The average molecular weight is 364 g/mol. The number of morpholine rings is 1. The molecule has 1 aromatic heterocycles. The van der Waals surface area contributed by atoms with Crippen molar-refractivity contribution in [2.75, 3.05) is 26.3 Å². The number of aromatic amines is 1. The number of carbonyl (C=O) groups is 2. The van der Waals surface area contributed by atoms with Crippen LogP contribution in [0.5, 0.6) is 0 Å². The van der Waals surface area contributed by atoms with Crippen LogP contribution in [-0.4, -0.2) is 59.0 Å². The highest BCUT2D eigenvalue weighted by Crippen LogP contribution is 2.15. The molecule has 1 aromatic rings. The smallest absolute Gasteiger partial charge is 0.345 e. The summed E-state index contributed by atoms with van der Waals surface area (Å²) in [6, 6.07) is -0.232. The molecule has 0 bridgehead atoms. The number of ether oxygens (including phenoxy) is 1. The van der Waals surface area contributed by atoms with Crippen LogP contribution in [0, 0.1) is 13.8 Å². The minimum atomic E-state index is -0.374. The fourth-order valence-corrected chi connectivity index (χ4v) is 3.20. The monoisotopic (exact) mass is 364 g/mol. The van der Waals surface area contributed by atoms with Crippen LogP contribution in [0.3, 0.4) is 0 Å². The van der Waals surface area contributed by atoms with Crippen molar-refractivity contribution in [3.63, 3.8) is 0 Å². The van der Waals surface area contributed by atoms with Gasteiger partial charge in [0.1, 0.15) is 0 Å². The third-order valence-electron chi connectivity index (χ3n) is 4.58. The standard InChI is InChI=1S/C18H28N4O4/c1-4-7-19-16(23)10-14-11-26-9-8-22(14)17(24)6-5-15-12(2)20-18(25)21-13(15)3/h14H,4-11H2,1-3H3,(H,19,23)(H,20,21,25)/t14-/m0/s1. The molecule has 1 aliphatic rings. The zero-order valence-electron chi connectivity index (χ0n) is 15.8. The molecule has 2 N–H and O–H groups in total. The molecule has 0 spiro atoms. The Labute approximate surface area is 153 Å². The Kier molecular flexibility index (Phi) is 7.32. The molecule has 0 aliphatic carbocycles. The lowest BCUT2D eigenvalue weighted by atomic mass is 10.0. The summed E-state index contributed by atoms with van der Waals surface area (Å²) in [4.78, 5) is 44.4. The Morgan fingerprint density at radius 2 is 2.15 bits per heavy atom. The third-order valence-corrected chi connectivity index (χ3v) is 4.58. The van der Waals surface area contributed by atoms with Gasteiger partial charge in [-0.3, -0.25) is 9.59 Å². The summed E-state index contributed by atoms with van der Waals surface area (Å²) in [5.74, 6) is -0.0664. The molecule has 144 valence electrons. The summed E-state index contributed by atoms with van der Waals surface area (Å²) in [7, 11) is 0. The minimum Gasteiger partial charge on any atom is -0.377 e. The van der Waals surface area contributed by atoms with Crippen LogP contribution >= 0.6 is 0 Å². The highest BCUT2D eigenvalue weighted by atomic mass is 16.5. The van der Waals surface area contributed by atoms with Gasteiger partial charge in [0.2, 0.25) is 11.8 Å².